The van der Waals surface area contributed by atoms with E-state index < -0.39 is 36.5 Å². The lowest BCUT2D eigenvalue weighted by Crippen LogP contribution is -2.54. The van der Waals surface area contributed by atoms with Crippen LogP contribution in [0.1, 0.15) is 46.5 Å². The molecule has 0 fully saturated rings. The number of hydrogen-bond acceptors (Lipinski definition) is 6. The van der Waals surface area contributed by atoms with Gasteiger partial charge in [0.2, 0.25) is 5.91 Å². The second kappa shape index (κ2) is 11.5. The number of benzene rings is 1. The summed E-state index contributed by atoms with van der Waals surface area (Å²) in [5.41, 5.74) is 0.402. The van der Waals surface area contributed by atoms with Crippen molar-refractivity contribution >= 4 is 23.5 Å². The Bertz CT molecular complexity index is 734. The van der Waals surface area contributed by atoms with Crippen molar-refractivity contribution in [3.63, 3.8) is 0 Å². The van der Waals surface area contributed by atoms with E-state index >= 15 is 0 Å². The molecule has 1 amide bonds. The summed E-state index contributed by atoms with van der Waals surface area (Å²) >= 11 is 0. The molecule has 1 aromatic rings. The van der Waals surface area contributed by atoms with Gasteiger partial charge in [0.15, 0.2) is 0 Å². The smallest absolute Gasteiger partial charge is 0.323 e. The number of carboxylic acids is 1. The van der Waals surface area contributed by atoms with Crippen LogP contribution in [0.4, 0.5) is 5.69 Å². The van der Waals surface area contributed by atoms with E-state index in [-0.39, 0.29) is 13.2 Å². The number of carbonyl (C=O) groups is 3. The Labute approximate surface area is 177 Å². The van der Waals surface area contributed by atoms with Crippen LogP contribution in [-0.4, -0.2) is 54.8 Å². The van der Waals surface area contributed by atoms with E-state index in [1.165, 1.54) is 4.90 Å². The fourth-order valence-electron chi connectivity index (χ4n) is 3.63. The molecule has 1 unspecified atom stereocenters. The van der Waals surface area contributed by atoms with Gasteiger partial charge in [-0.15, -0.1) is 0 Å². The predicted molar refractivity (Wildman–Crippen MR) is 113 cm³/mol. The lowest BCUT2D eigenvalue weighted by molar-refractivity contribution is -0.146. The number of nitrogens with one attached hydrogen (secondary N) is 1. The molecular weight excluding hydrogens is 388 g/mol. The number of esters is 1. The third kappa shape index (κ3) is 6.19. The Morgan fingerprint density at radius 1 is 1.23 bits per heavy atom. The van der Waals surface area contributed by atoms with Crippen LogP contribution in [0.2, 0.25) is 0 Å². The first kappa shape index (κ1) is 23.7. The van der Waals surface area contributed by atoms with Crippen molar-refractivity contribution in [2.45, 2.75) is 58.5 Å². The quantitative estimate of drug-likeness (QED) is 0.530. The maximum absolute atomic E-state index is 13.2. The first-order valence-corrected chi connectivity index (χ1v) is 10.6. The molecule has 1 heterocycles. The highest BCUT2D eigenvalue weighted by atomic mass is 16.5. The fourth-order valence-corrected chi connectivity index (χ4v) is 3.63. The summed E-state index contributed by atoms with van der Waals surface area (Å²) < 4.78 is 11.0. The third-order valence-electron chi connectivity index (χ3n) is 5.41. The lowest BCUT2D eigenvalue weighted by atomic mass is 9.95. The van der Waals surface area contributed by atoms with E-state index in [1.807, 2.05) is 0 Å². The Balaban J connectivity index is 2.22. The number of ether oxygens (including phenoxy) is 2. The van der Waals surface area contributed by atoms with Crippen molar-refractivity contribution in [2.24, 2.45) is 5.92 Å². The van der Waals surface area contributed by atoms with E-state index in [1.54, 1.807) is 31.2 Å². The molecule has 0 spiro atoms. The van der Waals surface area contributed by atoms with E-state index in [0.717, 1.165) is 19.3 Å². The van der Waals surface area contributed by atoms with Crippen molar-refractivity contribution in [3.05, 3.63) is 24.3 Å². The number of aliphatic carboxylic acids is 1. The molecule has 1 aliphatic heterocycles. The van der Waals surface area contributed by atoms with Crippen LogP contribution in [-0.2, 0) is 19.1 Å². The second-order valence-electron chi connectivity index (χ2n) is 7.38. The van der Waals surface area contributed by atoms with Gasteiger partial charge in [0.05, 0.1) is 12.3 Å². The van der Waals surface area contributed by atoms with Gasteiger partial charge in [-0.3, -0.25) is 24.6 Å². The maximum Gasteiger partial charge on any atom is 0.323 e. The molecule has 0 aliphatic carbocycles. The molecule has 0 aromatic heterocycles. The first-order chi connectivity index (χ1) is 14.4. The van der Waals surface area contributed by atoms with Crippen LogP contribution in [0.15, 0.2) is 24.3 Å². The molecule has 1 aliphatic rings. The molecule has 2 rings (SSSR count). The van der Waals surface area contributed by atoms with Crippen molar-refractivity contribution in [3.8, 4) is 5.75 Å². The summed E-state index contributed by atoms with van der Waals surface area (Å²) in [4.78, 5) is 38.3. The molecule has 2 N–H and O–H groups in total. The van der Waals surface area contributed by atoms with Crippen LogP contribution < -0.4 is 15.0 Å². The van der Waals surface area contributed by atoms with E-state index in [9.17, 15) is 19.5 Å². The van der Waals surface area contributed by atoms with Gasteiger partial charge < -0.3 is 14.6 Å². The third-order valence-corrected chi connectivity index (χ3v) is 5.41. The van der Waals surface area contributed by atoms with E-state index in [4.69, 9.17) is 9.47 Å². The monoisotopic (exact) mass is 420 g/mol. The average molecular weight is 421 g/mol. The van der Waals surface area contributed by atoms with Gasteiger partial charge in [0.1, 0.15) is 31.0 Å². The summed E-state index contributed by atoms with van der Waals surface area (Å²) in [6, 6.07) is 5.27. The van der Waals surface area contributed by atoms with Gasteiger partial charge >= 0.3 is 11.9 Å². The molecule has 1 aromatic carbocycles. The number of hydrogen-bond donors (Lipinski definition) is 2. The molecular formula is C22H32N2O6. The molecule has 8 nitrogen and oxygen atoms in total. The van der Waals surface area contributed by atoms with Crippen molar-refractivity contribution in [1.29, 1.82) is 0 Å². The average Bonchev–Trinajstić information content (AvgIpc) is 2.85. The molecule has 0 radical (unpaired) electrons. The number of anilines is 1. The zero-order valence-corrected chi connectivity index (χ0v) is 17.9. The minimum atomic E-state index is -1.13. The number of rotatable bonds is 11. The van der Waals surface area contributed by atoms with Crippen LogP contribution in [0, 0.1) is 5.92 Å². The van der Waals surface area contributed by atoms with Crippen LogP contribution in [0.25, 0.3) is 0 Å². The van der Waals surface area contributed by atoms with Crippen LogP contribution >= 0.6 is 0 Å². The first-order valence-electron chi connectivity index (χ1n) is 10.6. The molecule has 166 valence electrons. The van der Waals surface area contributed by atoms with Crippen molar-refractivity contribution < 1.29 is 29.0 Å². The van der Waals surface area contributed by atoms with Gasteiger partial charge in [0, 0.05) is 0 Å². The van der Waals surface area contributed by atoms with Crippen molar-refractivity contribution in [1.82, 2.24) is 5.32 Å². The molecule has 8 heteroatoms. The number of para-hydroxylation sites is 2. The van der Waals surface area contributed by atoms with Gasteiger partial charge in [-0.05, 0) is 37.8 Å². The zero-order valence-electron chi connectivity index (χ0n) is 17.9. The molecule has 0 saturated heterocycles. The Morgan fingerprint density at radius 3 is 2.57 bits per heavy atom. The number of fused-ring (bicyclic) bond motifs is 1. The fraction of sp³-hybridized carbons (Fsp3) is 0.591. The summed E-state index contributed by atoms with van der Waals surface area (Å²) in [5, 5.41) is 12.4. The van der Waals surface area contributed by atoms with E-state index in [0.29, 0.717) is 23.8 Å². The van der Waals surface area contributed by atoms with Gasteiger partial charge in [-0.1, -0.05) is 38.8 Å². The summed E-state index contributed by atoms with van der Waals surface area (Å²) in [5.74, 6) is -1.07. The van der Waals surface area contributed by atoms with Gasteiger partial charge in [0.25, 0.3) is 0 Å². The highest BCUT2D eigenvalue weighted by Crippen LogP contribution is 2.31. The minimum absolute atomic E-state index is 0.00709. The van der Waals surface area contributed by atoms with Crippen molar-refractivity contribution in [2.75, 3.05) is 24.7 Å². The second-order valence-corrected chi connectivity index (χ2v) is 7.38. The molecule has 2 atom stereocenters. The molecule has 30 heavy (non-hydrogen) atoms. The SMILES string of the molecule is CCOC(=O)C(CCC(CC)CC)N[C@H]1COc2ccccc2N(CC(=O)O)C1=O. The lowest BCUT2D eigenvalue weighted by Gasteiger charge is -2.26. The molecule has 0 bridgehead atoms. The summed E-state index contributed by atoms with van der Waals surface area (Å²) in [7, 11) is 0. The zero-order chi connectivity index (χ0) is 22.1. The van der Waals surface area contributed by atoms with E-state index in [2.05, 4.69) is 19.2 Å². The number of carbonyl (C=O) groups excluding carboxylic acids is 2. The Kier molecular flexibility index (Phi) is 9.11. The topological polar surface area (TPSA) is 105 Å². The largest absolute Gasteiger partial charge is 0.489 e. The number of amides is 1. The highest BCUT2D eigenvalue weighted by Gasteiger charge is 2.35. The Hall–Kier alpha value is -2.61. The Morgan fingerprint density at radius 2 is 1.93 bits per heavy atom. The summed E-state index contributed by atoms with van der Waals surface area (Å²) in [6.45, 7) is 5.71. The highest BCUT2D eigenvalue weighted by molar-refractivity contribution is 6.02. The van der Waals surface area contributed by atoms with Gasteiger partial charge in [-0.25, -0.2) is 0 Å². The minimum Gasteiger partial charge on any atom is -0.489 e. The standard InChI is InChI=1S/C22H32N2O6/c1-4-15(5-2)11-12-16(22(28)29-6-3)23-17-14-30-19-10-8-7-9-18(19)24(21(17)27)13-20(25)26/h7-10,15-17,23H,4-6,11-14H2,1-3H3,(H,25,26)/t16?,17-/m0/s1. The van der Waals surface area contributed by atoms with Gasteiger partial charge in [-0.2, -0.15) is 0 Å². The summed E-state index contributed by atoms with van der Waals surface area (Å²) in [6.07, 6.45) is 3.38. The van der Waals surface area contributed by atoms with Crippen LogP contribution in [0.5, 0.6) is 5.75 Å². The number of nitrogens with zero attached hydrogens (tertiary/aromatic N) is 1. The maximum atomic E-state index is 13.2. The molecule has 0 saturated carbocycles. The number of carboxylic acid groups (broad SMARTS) is 1. The predicted octanol–water partition coefficient (Wildman–Crippen LogP) is 2.60. The normalized spacial score (nSPS) is 17.1. The van der Waals surface area contributed by atoms with Crippen LogP contribution in [0.3, 0.4) is 0 Å².